The van der Waals surface area contributed by atoms with Gasteiger partial charge < -0.3 is 14.2 Å². The number of carbonyl (C=O) groups excluding carboxylic acids is 3. The molecule has 0 unspecified atom stereocenters. The molecule has 3 aliphatic carbocycles. The van der Waals surface area contributed by atoms with Gasteiger partial charge in [-0.25, -0.2) is 0 Å². The van der Waals surface area contributed by atoms with Crippen LogP contribution in [0.5, 0.6) is 0 Å². The Kier molecular flexibility index (Phi) is 4.08. The molecule has 6 heteroatoms. The summed E-state index contributed by atoms with van der Waals surface area (Å²) in [6, 6.07) is 0. The van der Waals surface area contributed by atoms with Crippen molar-refractivity contribution in [3.05, 3.63) is 23.2 Å². The standard InChI is InChI=1S/C22H28O6/c1-10-7-14(26-5)20(25)22(4)12(10)8-15-21(3)13(9-16(23)28-15)11(2)18(27-6)17(24)19(21)22/h7,10,12-13,15,19H,8-9H2,1-6H3/t10-,12-,13-,15+,19-,21+,22-/m0/s1. The summed E-state index contributed by atoms with van der Waals surface area (Å²) < 4.78 is 16.7. The van der Waals surface area contributed by atoms with E-state index in [9.17, 15) is 14.4 Å². The predicted octanol–water partition coefficient (Wildman–Crippen LogP) is 2.82. The van der Waals surface area contributed by atoms with Gasteiger partial charge in [0, 0.05) is 22.7 Å². The van der Waals surface area contributed by atoms with Crippen LogP contribution in [0.15, 0.2) is 23.2 Å². The van der Waals surface area contributed by atoms with Crippen LogP contribution in [0.1, 0.15) is 40.5 Å². The third-order valence-electron chi connectivity index (χ3n) is 8.10. The average Bonchev–Trinajstić information content (AvgIpc) is 2.63. The molecule has 0 spiro atoms. The molecule has 6 nitrogen and oxygen atoms in total. The summed E-state index contributed by atoms with van der Waals surface area (Å²) in [5.41, 5.74) is -0.795. The van der Waals surface area contributed by atoms with Gasteiger partial charge in [0.1, 0.15) is 6.10 Å². The van der Waals surface area contributed by atoms with Gasteiger partial charge in [-0.1, -0.05) is 20.8 Å². The van der Waals surface area contributed by atoms with E-state index in [2.05, 4.69) is 0 Å². The Bertz CT molecular complexity index is 838. The molecule has 0 aromatic carbocycles. The molecule has 0 N–H and O–H groups in total. The molecule has 4 rings (SSSR count). The second kappa shape index (κ2) is 5.94. The molecule has 0 aromatic heterocycles. The number of hydrogen-bond donors (Lipinski definition) is 0. The number of esters is 1. The lowest BCUT2D eigenvalue weighted by Gasteiger charge is -2.64. The molecule has 1 saturated carbocycles. The zero-order chi connectivity index (χ0) is 20.6. The number of carbonyl (C=O) groups is 3. The van der Waals surface area contributed by atoms with Crippen LogP contribution in [0.4, 0.5) is 0 Å². The van der Waals surface area contributed by atoms with Crippen molar-refractivity contribution in [1.29, 1.82) is 0 Å². The van der Waals surface area contributed by atoms with Crippen LogP contribution in [0.2, 0.25) is 0 Å². The van der Waals surface area contributed by atoms with Crippen LogP contribution in [-0.2, 0) is 28.6 Å². The number of methoxy groups -OCH3 is 2. The van der Waals surface area contributed by atoms with E-state index in [0.29, 0.717) is 12.2 Å². The molecule has 0 aromatic rings. The van der Waals surface area contributed by atoms with E-state index in [1.807, 2.05) is 33.8 Å². The molecular formula is C22H28O6. The number of ketones is 2. The van der Waals surface area contributed by atoms with Gasteiger partial charge in [-0.2, -0.15) is 0 Å². The topological polar surface area (TPSA) is 78.9 Å². The molecule has 4 aliphatic rings. The van der Waals surface area contributed by atoms with E-state index in [4.69, 9.17) is 14.2 Å². The van der Waals surface area contributed by atoms with E-state index in [0.717, 1.165) is 5.57 Å². The van der Waals surface area contributed by atoms with E-state index in [1.165, 1.54) is 14.2 Å². The minimum Gasteiger partial charge on any atom is -0.493 e. The van der Waals surface area contributed by atoms with Gasteiger partial charge in [-0.05, 0) is 36.8 Å². The van der Waals surface area contributed by atoms with Crippen LogP contribution in [0.3, 0.4) is 0 Å². The molecule has 152 valence electrons. The van der Waals surface area contributed by atoms with Crippen LogP contribution >= 0.6 is 0 Å². The van der Waals surface area contributed by atoms with Crippen LogP contribution in [-0.4, -0.2) is 37.9 Å². The SMILES string of the molecule is COC1=C[C@H](C)[C@@H]2C[C@H]3OC(=O)C[C@H]4C(C)=C(OC)C(=O)[C@H]([C@@]2(C)C1=O)[C@@]34C. The molecule has 1 saturated heterocycles. The number of hydrogen-bond acceptors (Lipinski definition) is 6. The van der Waals surface area contributed by atoms with Gasteiger partial charge in [0.15, 0.2) is 11.5 Å². The van der Waals surface area contributed by atoms with E-state index in [1.54, 1.807) is 0 Å². The van der Waals surface area contributed by atoms with Gasteiger partial charge in [-0.15, -0.1) is 0 Å². The largest absolute Gasteiger partial charge is 0.493 e. The van der Waals surface area contributed by atoms with E-state index in [-0.39, 0.29) is 47.5 Å². The molecule has 1 heterocycles. The Morgan fingerprint density at radius 1 is 1.14 bits per heavy atom. The summed E-state index contributed by atoms with van der Waals surface area (Å²) in [6.07, 6.45) is 2.21. The monoisotopic (exact) mass is 388 g/mol. The van der Waals surface area contributed by atoms with Crippen molar-refractivity contribution in [2.75, 3.05) is 14.2 Å². The Hall–Kier alpha value is -2.11. The fourth-order valence-corrected chi connectivity index (χ4v) is 6.81. The molecule has 7 atom stereocenters. The van der Waals surface area contributed by atoms with Gasteiger partial charge >= 0.3 is 5.97 Å². The summed E-state index contributed by atoms with van der Waals surface area (Å²) in [7, 11) is 2.97. The first-order chi connectivity index (χ1) is 13.1. The lowest BCUT2D eigenvalue weighted by molar-refractivity contribution is -0.217. The van der Waals surface area contributed by atoms with Crippen molar-refractivity contribution < 1.29 is 28.6 Å². The lowest BCUT2D eigenvalue weighted by atomic mass is 9.40. The van der Waals surface area contributed by atoms with Crippen LogP contribution in [0, 0.1) is 34.5 Å². The number of allylic oxidation sites excluding steroid dienone is 4. The highest BCUT2D eigenvalue weighted by molar-refractivity contribution is 6.07. The Morgan fingerprint density at radius 3 is 2.43 bits per heavy atom. The summed E-state index contributed by atoms with van der Waals surface area (Å²) in [6.45, 7) is 7.80. The second-order valence-corrected chi connectivity index (χ2v) is 9.16. The zero-order valence-corrected chi connectivity index (χ0v) is 17.3. The second-order valence-electron chi connectivity index (χ2n) is 9.16. The van der Waals surface area contributed by atoms with Crippen molar-refractivity contribution in [3.63, 3.8) is 0 Å². The maximum absolute atomic E-state index is 13.7. The molecular weight excluding hydrogens is 360 g/mol. The number of fused-ring (bicyclic) bond motifs is 2. The molecule has 28 heavy (non-hydrogen) atoms. The molecule has 0 bridgehead atoms. The molecule has 2 fully saturated rings. The predicted molar refractivity (Wildman–Crippen MR) is 99.8 cm³/mol. The minimum atomic E-state index is -0.936. The average molecular weight is 388 g/mol. The molecule has 1 aliphatic heterocycles. The maximum Gasteiger partial charge on any atom is 0.306 e. The highest BCUT2D eigenvalue weighted by Gasteiger charge is 2.72. The highest BCUT2D eigenvalue weighted by Crippen LogP contribution is 2.67. The maximum atomic E-state index is 13.7. The first-order valence-electron chi connectivity index (χ1n) is 9.91. The normalized spacial score (nSPS) is 45.0. The molecule has 0 amide bonds. The Labute approximate surface area is 165 Å². The summed E-state index contributed by atoms with van der Waals surface area (Å²) >= 11 is 0. The summed E-state index contributed by atoms with van der Waals surface area (Å²) in [5, 5.41) is 0. The fraction of sp³-hybridized carbons (Fsp3) is 0.682. The van der Waals surface area contributed by atoms with Crippen molar-refractivity contribution in [1.82, 2.24) is 0 Å². The minimum absolute atomic E-state index is 0.0204. The smallest absolute Gasteiger partial charge is 0.306 e. The van der Waals surface area contributed by atoms with Crippen molar-refractivity contribution >= 4 is 17.5 Å². The number of rotatable bonds is 2. The van der Waals surface area contributed by atoms with Gasteiger partial charge in [-0.3, -0.25) is 14.4 Å². The van der Waals surface area contributed by atoms with Crippen molar-refractivity contribution in [3.8, 4) is 0 Å². The Morgan fingerprint density at radius 2 is 1.82 bits per heavy atom. The first kappa shape index (κ1) is 19.2. The Balaban J connectivity index is 1.99. The highest BCUT2D eigenvalue weighted by atomic mass is 16.5. The number of ether oxygens (including phenoxy) is 3. The fourth-order valence-electron chi connectivity index (χ4n) is 6.81. The van der Waals surface area contributed by atoms with Crippen molar-refractivity contribution in [2.45, 2.75) is 46.6 Å². The third-order valence-corrected chi connectivity index (χ3v) is 8.10. The van der Waals surface area contributed by atoms with Gasteiger partial charge in [0.2, 0.25) is 11.6 Å². The number of Topliss-reactive ketones (excluding diaryl/α,β-unsaturated/α-hetero) is 2. The first-order valence-corrected chi connectivity index (χ1v) is 9.91. The van der Waals surface area contributed by atoms with Crippen LogP contribution < -0.4 is 0 Å². The zero-order valence-electron chi connectivity index (χ0n) is 17.3. The van der Waals surface area contributed by atoms with Gasteiger partial charge in [0.25, 0.3) is 0 Å². The summed E-state index contributed by atoms with van der Waals surface area (Å²) in [5.74, 6) is -0.854. The van der Waals surface area contributed by atoms with E-state index < -0.39 is 22.9 Å². The third kappa shape index (κ3) is 2.06. The van der Waals surface area contributed by atoms with Gasteiger partial charge in [0.05, 0.1) is 20.6 Å². The lowest BCUT2D eigenvalue weighted by Crippen LogP contribution is -2.69. The van der Waals surface area contributed by atoms with Crippen LogP contribution in [0.25, 0.3) is 0 Å². The van der Waals surface area contributed by atoms with E-state index >= 15 is 0 Å². The quantitative estimate of drug-likeness (QED) is 0.677. The molecule has 0 radical (unpaired) electrons. The van der Waals surface area contributed by atoms with Crippen molar-refractivity contribution in [2.24, 2.45) is 34.5 Å². The summed E-state index contributed by atoms with van der Waals surface area (Å²) in [4.78, 5) is 39.6.